The fraction of sp³-hybridized carbons (Fsp3) is 0.471. The standard InChI is InChI=1S/C17H25/c1-6-8-15-10-16(9-13(3)4)12-17(11-15)14(5)7-2/h7,10-13H,2,6,8-9H2,1,3-5H3. The maximum absolute atomic E-state index is 3.87. The largest absolute Gasteiger partial charge is 0.102 e. The molecule has 0 unspecified atom stereocenters. The van der Waals surface area contributed by atoms with Gasteiger partial charge in [-0.15, -0.1) is 6.58 Å². The molecule has 0 fully saturated rings. The first kappa shape index (κ1) is 14.0. The number of hydrogen-bond acceptors (Lipinski definition) is 0. The smallest absolute Gasteiger partial charge is 0.0230 e. The van der Waals surface area contributed by atoms with Crippen molar-refractivity contribution in [2.45, 2.75) is 47.0 Å². The van der Waals surface area contributed by atoms with Crippen molar-refractivity contribution >= 4 is 0 Å². The third-order valence-corrected chi connectivity index (χ3v) is 3.00. The molecule has 0 atom stereocenters. The molecule has 0 bridgehead atoms. The molecule has 0 aliphatic heterocycles. The van der Waals surface area contributed by atoms with Crippen LogP contribution < -0.4 is 0 Å². The van der Waals surface area contributed by atoms with E-state index in [2.05, 4.69) is 52.5 Å². The summed E-state index contributed by atoms with van der Waals surface area (Å²) in [6, 6.07) is 6.99. The van der Waals surface area contributed by atoms with Crippen molar-refractivity contribution in [1.29, 1.82) is 0 Å². The quantitative estimate of drug-likeness (QED) is 0.646. The molecule has 1 aromatic carbocycles. The van der Waals surface area contributed by atoms with Crippen LogP contribution in [0, 0.1) is 11.8 Å². The molecule has 0 saturated heterocycles. The van der Waals surface area contributed by atoms with Crippen LogP contribution in [0.4, 0.5) is 0 Å². The predicted molar refractivity (Wildman–Crippen MR) is 77.2 cm³/mol. The van der Waals surface area contributed by atoms with Gasteiger partial charge < -0.3 is 0 Å². The van der Waals surface area contributed by atoms with E-state index in [1.165, 1.54) is 35.4 Å². The summed E-state index contributed by atoms with van der Waals surface area (Å²) in [6.07, 6.45) is 5.49. The van der Waals surface area contributed by atoms with Crippen LogP contribution in [0.5, 0.6) is 0 Å². The summed E-state index contributed by atoms with van der Waals surface area (Å²) in [4.78, 5) is 0. The lowest BCUT2D eigenvalue weighted by atomic mass is 9.92. The van der Waals surface area contributed by atoms with E-state index in [1.807, 2.05) is 6.08 Å². The first-order valence-corrected chi connectivity index (χ1v) is 6.66. The SMILES string of the molecule is C=C[C](C)c1cc(CCC)cc(CC(C)C)c1. The maximum Gasteiger partial charge on any atom is 0.0230 e. The van der Waals surface area contributed by atoms with Crippen molar-refractivity contribution in [3.05, 3.63) is 53.5 Å². The van der Waals surface area contributed by atoms with E-state index in [9.17, 15) is 0 Å². The predicted octanol–water partition coefficient (Wildman–Crippen LogP) is 4.97. The monoisotopic (exact) mass is 229 g/mol. The lowest BCUT2D eigenvalue weighted by molar-refractivity contribution is 0.646. The Balaban J connectivity index is 3.04. The van der Waals surface area contributed by atoms with Gasteiger partial charge in [0.25, 0.3) is 0 Å². The van der Waals surface area contributed by atoms with Gasteiger partial charge in [0.1, 0.15) is 0 Å². The molecule has 17 heavy (non-hydrogen) atoms. The number of hydrogen-bond donors (Lipinski definition) is 0. The maximum atomic E-state index is 3.87. The molecule has 1 aromatic rings. The summed E-state index contributed by atoms with van der Waals surface area (Å²) in [7, 11) is 0. The van der Waals surface area contributed by atoms with E-state index in [4.69, 9.17) is 0 Å². The van der Waals surface area contributed by atoms with Crippen LogP contribution in [-0.4, -0.2) is 0 Å². The van der Waals surface area contributed by atoms with Crippen LogP contribution in [0.2, 0.25) is 0 Å². The first-order chi connectivity index (χ1) is 8.06. The van der Waals surface area contributed by atoms with Gasteiger partial charge in [0.15, 0.2) is 0 Å². The van der Waals surface area contributed by atoms with Gasteiger partial charge in [-0.2, -0.15) is 0 Å². The number of aryl methyl sites for hydroxylation is 1. The fourth-order valence-corrected chi connectivity index (χ4v) is 2.13. The Hall–Kier alpha value is -1.04. The molecule has 1 rings (SSSR count). The van der Waals surface area contributed by atoms with Crippen molar-refractivity contribution in [2.75, 3.05) is 0 Å². The van der Waals surface area contributed by atoms with E-state index in [0.29, 0.717) is 5.92 Å². The van der Waals surface area contributed by atoms with Gasteiger partial charge in [-0.3, -0.25) is 0 Å². The van der Waals surface area contributed by atoms with Crippen LogP contribution in [-0.2, 0) is 12.8 Å². The zero-order valence-corrected chi connectivity index (χ0v) is 11.7. The van der Waals surface area contributed by atoms with E-state index >= 15 is 0 Å². The molecule has 0 nitrogen and oxygen atoms in total. The van der Waals surface area contributed by atoms with Crippen LogP contribution >= 0.6 is 0 Å². The van der Waals surface area contributed by atoms with Crippen LogP contribution in [0.3, 0.4) is 0 Å². The highest BCUT2D eigenvalue weighted by Crippen LogP contribution is 2.21. The molecule has 93 valence electrons. The van der Waals surface area contributed by atoms with Gasteiger partial charge in [-0.05, 0) is 35.4 Å². The van der Waals surface area contributed by atoms with Gasteiger partial charge in [0, 0.05) is 5.92 Å². The zero-order valence-electron chi connectivity index (χ0n) is 11.7. The molecule has 0 heteroatoms. The summed E-state index contributed by atoms with van der Waals surface area (Å²) >= 11 is 0. The van der Waals surface area contributed by atoms with Crippen molar-refractivity contribution < 1.29 is 0 Å². The molecule has 0 N–H and O–H groups in total. The van der Waals surface area contributed by atoms with E-state index < -0.39 is 0 Å². The molecule has 0 aliphatic rings. The highest BCUT2D eigenvalue weighted by molar-refractivity contribution is 5.41. The van der Waals surface area contributed by atoms with Crippen molar-refractivity contribution in [2.24, 2.45) is 5.92 Å². The van der Waals surface area contributed by atoms with Gasteiger partial charge in [-0.1, -0.05) is 58.4 Å². The highest BCUT2D eigenvalue weighted by atomic mass is 14.1. The summed E-state index contributed by atoms with van der Waals surface area (Å²) < 4.78 is 0. The Kier molecular flexibility index (Phi) is 5.47. The zero-order chi connectivity index (χ0) is 12.8. The minimum atomic E-state index is 0.712. The molecule has 0 saturated carbocycles. The Labute approximate surface area is 107 Å². The molecule has 0 heterocycles. The fourth-order valence-electron chi connectivity index (χ4n) is 2.13. The van der Waals surface area contributed by atoms with Crippen LogP contribution in [0.25, 0.3) is 0 Å². The molecular formula is C17H25. The second-order valence-electron chi connectivity index (χ2n) is 5.27. The molecule has 0 spiro atoms. The van der Waals surface area contributed by atoms with Crippen LogP contribution in [0.15, 0.2) is 30.9 Å². The summed E-state index contributed by atoms with van der Waals surface area (Å²) in [5.74, 6) is 1.98. The van der Waals surface area contributed by atoms with Crippen molar-refractivity contribution in [3.63, 3.8) is 0 Å². The third-order valence-electron chi connectivity index (χ3n) is 3.00. The number of benzene rings is 1. The Bertz CT molecular complexity index is 360. The first-order valence-electron chi connectivity index (χ1n) is 6.66. The second kappa shape index (κ2) is 6.64. The summed E-state index contributed by atoms with van der Waals surface area (Å²) in [5, 5.41) is 0. The summed E-state index contributed by atoms with van der Waals surface area (Å²) in [6.45, 7) is 12.8. The lowest BCUT2D eigenvalue weighted by Gasteiger charge is -2.13. The van der Waals surface area contributed by atoms with Crippen LogP contribution in [0.1, 0.15) is 50.8 Å². The molecule has 0 amide bonds. The van der Waals surface area contributed by atoms with Crippen molar-refractivity contribution in [1.82, 2.24) is 0 Å². The van der Waals surface area contributed by atoms with E-state index in [0.717, 1.165) is 6.42 Å². The number of allylic oxidation sites excluding steroid dienone is 1. The minimum absolute atomic E-state index is 0.712. The number of rotatable bonds is 6. The topological polar surface area (TPSA) is 0 Å². The highest BCUT2D eigenvalue weighted by Gasteiger charge is 2.07. The van der Waals surface area contributed by atoms with E-state index in [1.54, 1.807) is 0 Å². The summed E-state index contributed by atoms with van der Waals surface area (Å²) in [5.41, 5.74) is 4.26. The van der Waals surface area contributed by atoms with E-state index in [-0.39, 0.29) is 0 Å². The van der Waals surface area contributed by atoms with Gasteiger partial charge in [0.05, 0.1) is 0 Å². The molecule has 0 aliphatic carbocycles. The molecule has 1 radical (unpaired) electrons. The Morgan fingerprint density at radius 3 is 2.41 bits per heavy atom. The van der Waals surface area contributed by atoms with Gasteiger partial charge in [0.2, 0.25) is 0 Å². The Morgan fingerprint density at radius 1 is 1.24 bits per heavy atom. The average Bonchev–Trinajstić information content (AvgIpc) is 2.27. The second-order valence-corrected chi connectivity index (χ2v) is 5.27. The minimum Gasteiger partial charge on any atom is -0.102 e. The molecular weight excluding hydrogens is 204 g/mol. The normalized spacial score (nSPS) is 11.2. The average molecular weight is 229 g/mol. The van der Waals surface area contributed by atoms with Crippen molar-refractivity contribution in [3.8, 4) is 0 Å². The van der Waals surface area contributed by atoms with Gasteiger partial charge >= 0.3 is 0 Å². The molecule has 0 aromatic heterocycles. The van der Waals surface area contributed by atoms with Gasteiger partial charge in [-0.25, -0.2) is 0 Å². The Morgan fingerprint density at radius 2 is 1.88 bits per heavy atom. The lowest BCUT2D eigenvalue weighted by Crippen LogP contribution is -2.00. The third kappa shape index (κ3) is 4.38.